The van der Waals surface area contributed by atoms with Gasteiger partial charge in [0.25, 0.3) is 0 Å². The molecular weight excluding hydrogens is 444 g/mol. The second-order valence-electron chi connectivity index (χ2n) is 9.11. The van der Waals surface area contributed by atoms with Gasteiger partial charge in [0.15, 0.2) is 0 Å². The number of fused-ring (bicyclic) bond motifs is 1. The number of benzene rings is 2. The van der Waals surface area contributed by atoms with Crippen LogP contribution in [0.25, 0.3) is 33.3 Å². The number of halogens is 1. The van der Waals surface area contributed by atoms with Gasteiger partial charge in [-0.05, 0) is 63.4 Å². The van der Waals surface area contributed by atoms with E-state index < -0.39 is 0 Å². The highest BCUT2D eigenvalue weighted by Gasteiger charge is 2.18. The molecule has 1 saturated heterocycles. The number of aryl methyl sites for hydroxylation is 2. The number of nitrogens with one attached hydrogen (secondary N) is 1. The lowest BCUT2D eigenvalue weighted by atomic mass is 9.98. The number of rotatable bonds is 6. The number of nitrogens with zero attached hydrogens (tertiary/aromatic N) is 3. The Morgan fingerprint density at radius 2 is 1.88 bits per heavy atom. The van der Waals surface area contributed by atoms with E-state index in [1.165, 1.54) is 36.7 Å². The molecule has 1 aliphatic heterocycles. The Hall–Kier alpha value is -3.02. The molecule has 0 saturated carbocycles. The Kier molecular flexibility index (Phi) is 6.75. The molecular formula is C28H29ClN4O. The summed E-state index contributed by atoms with van der Waals surface area (Å²) in [5.41, 5.74) is 6.95. The average Bonchev–Trinajstić information content (AvgIpc) is 2.84. The van der Waals surface area contributed by atoms with E-state index in [2.05, 4.69) is 47.3 Å². The lowest BCUT2D eigenvalue weighted by Crippen LogP contribution is -2.35. The number of ether oxygens (including phenoxy) is 1. The number of aromatic nitrogens is 3. The van der Waals surface area contributed by atoms with Crippen LogP contribution in [-0.4, -0.2) is 34.1 Å². The van der Waals surface area contributed by atoms with Gasteiger partial charge in [-0.25, -0.2) is 9.97 Å². The van der Waals surface area contributed by atoms with Gasteiger partial charge in [-0.15, -0.1) is 0 Å². The molecule has 2 aromatic heterocycles. The Balaban J connectivity index is 1.60. The van der Waals surface area contributed by atoms with Crippen LogP contribution in [0.1, 0.15) is 36.8 Å². The maximum absolute atomic E-state index is 6.64. The number of piperidine rings is 1. The van der Waals surface area contributed by atoms with Crippen molar-refractivity contribution in [2.75, 3.05) is 13.2 Å². The molecule has 0 radical (unpaired) electrons. The van der Waals surface area contributed by atoms with Gasteiger partial charge >= 0.3 is 0 Å². The summed E-state index contributed by atoms with van der Waals surface area (Å²) in [5.74, 6) is 0.845. The van der Waals surface area contributed by atoms with Gasteiger partial charge in [-0.2, -0.15) is 0 Å². The highest BCUT2D eigenvalue weighted by atomic mass is 35.5. The van der Waals surface area contributed by atoms with Crippen molar-refractivity contribution >= 4 is 22.5 Å². The van der Waals surface area contributed by atoms with Crippen LogP contribution in [0.3, 0.4) is 0 Å². The summed E-state index contributed by atoms with van der Waals surface area (Å²) >= 11 is 6.64. The topological polar surface area (TPSA) is 59.9 Å². The minimum Gasteiger partial charge on any atom is -0.492 e. The van der Waals surface area contributed by atoms with Crippen molar-refractivity contribution in [2.45, 2.75) is 45.6 Å². The summed E-state index contributed by atoms with van der Waals surface area (Å²) < 4.78 is 6.56. The zero-order chi connectivity index (χ0) is 23.5. The van der Waals surface area contributed by atoms with Gasteiger partial charge in [-0.1, -0.05) is 47.3 Å². The first-order valence-electron chi connectivity index (χ1n) is 11.9. The molecule has 0 amide bonds. The molecule has 4 aromatic rings. The van der Waals surface area contributed by atoms with Gasteiger partial charge in [0.1, 0.15) is 12.1 Å². The summed E-state index contributed by atoms with van der Waals surface area (Å²) in [4.78, 5) is 13.2. The fourth-order valence-electron chi connectivity index (χ4n) is 4.80. The van der Waals surface area contributed by atoms with Crippen LogP contribution in [0.2, 0.25) is 5.02 Å². The van der Waals surface area contributed by atoms with Crippen molar-refractivity contribution in [1.29, 1.82) is 0 Å². The summed E-state index contributed by atoms with van der Waals surface area (Å²) in [6, 6.07) is 12.9. The van der Waals surface area contributed by atoms with E-state index in [0.29, 0.717) is 17.7 Å². The van der Waals surface area contributed by atoms with E-state index in [-0.39, 0.29) is 0 Å². The molecule has 1 N–H and O–H groups in total. The Morgan fingerprint density at radius 3 is 2.62 bits per heavy atom. The maximum Gasteiger partial charge on any atom is 0.138 e. The van der Waals surface area contributed by atoms with Crippen molar-refractivity contribution < 1.29 is 4.74 Å². The lowest BCUT2D eigenvalue weighted by molar-refractivity contribution is 0.271. The molecule has 1 aliphatic rings. The standard InChI is InChI=1S/C28H29ClN4O/c1-18-11-19(2)13-20(12-18)24-16-32-27-15-25(29)22(26-6-9-30-17-33-26)14-23(27)28(24)34-10-7-21-5-3-4-8-31-21/h6,9,11-17,21,31H,3-5,7-8,10H2,1-2H3. The van der Waals surface area contributed by atoms with Crippen LogP contribution < -0.4 is 10.1 Å². The van der Waals surface area contributed by atoms with E-state index in [9.17, 15) is 0 Å². The van der Waals surface area contributed by atoms with Crippen LogP contribution in [-0.2, 0) is 0 Å². The molecule has 2 aromatic carbocycles. The third kappa shape index (κ3) is 4.91. The van der Waals surface area contributed by atoms with Gasteiger partial charge in [0, 0.05) is 34.9 Å². The third-order valence-electron chi connectivity index (χ3n) is 6.42. The number of hydrogen-bond donors (Lipinski definition) is 1. The van der Waals surface area contributed by atoms with Crippen LogP contribution in [0.15, 0.2) is 55.1 Å². The molecule has 0 aliphatic carbocycles. The summed E-state index contributed by atoms with van der Waals surface area (Å²) in [6.07, 6.45) is 9.89. The SMILES string of the molecule is Cc1cc(C)cc(-c2cnc3cc(Cl)c(-c4ccncn4)cc3c2OCCC2CCCCN2)c1. The maximum atomic E-state index is 6.64. The smallest absolute Gasteiger partial charge is 0.138 e. The largest absolute Gasteiger partial charge is 0.492 e. The van der Waals surface area contributed by atoms with Gasteiger partial charge in [0.2, 0.25) is 0 Å². The van der Waals surface area contributed by atoms with Crippen molar-refractivity contribution in [3.63, 3.8) is 0 Å². The Morgan fingerprint density at radius 1 is 1.03 bits per heavy atom. The van der Waals surface area contributed by atoms with Gasteiger partial charge in [0.05, 0.1) is 22.8 Å². The first-order chi connectivity index (χ1) is 16.6. The second-order valence-corrected chi connectivity index (χ2v) is 9.51. The highest BCUT2D eigenvalue weighted by Crippen LogP contribution is 2.40. The summed E-state index contributed by atoms with van der Waals surface area (Å²) in [5, 5.41) is 5.16. The van der Waals surface area contributed by atoms with Crippen LogP contribution in [0, 0.1) is 13.8 Å². The molecule has 34 heavy (non-hydrogen) atoms. The molecule has 174 valence electrons. The average molecular weight is 473 g/mol. The Bertz CT molecular complexity index is 1280. The molecule has 0 bridgehead atoms. The molecule has 1 unspecified atom stereocenters. The van der Waals surface area contributed by atoms with Crippen LogP contribution in [0.4, 0.5) is 0 Å². The number of pyridine rings is 1. The predicted molar refractivity (Wildman–Crippen MR) is 138 cm³/mol. The minimum absolute atomic E-state index is 0.512. The normalized spacial score (nSPS) is 16.0. The van der Waals surface area contributed by atoms with Crippen LogP contribution in [0.5, 0.6) is 5.75 Å². The second kappa shape index (κ2) is 10.1. The van der Waals surface area contributed by atoms with Crippen molar-refractivity contribution in [3.8, 4) is 28.1 Å². The fourth-order valence-corrected chi connectivity index (χ4v) is 5.06. The van der Waals surface area contributed by atoms with Crippen molar-refractivity contribution in [1.82, 2.24) is 20.3 Å². The minimum atomic E-state index is 0.512. The van der Waals surface area contributed by atoms with E-state index in [4.69, 9.17) is 21.3 Å². The lowest BCUT2D eigenvalue weighted by Gasteiger charge is -2.24. The predicted octanol–water partition coefficient (Wildman–Crippen LogP) is 6.54. The number of hydrogen-bond acceptors (Lipinski definition) is 5. The highest BCUT2D eigenvalue weighted by molar-refractivity contribution is 6.34. The monoisotopic (exact) mass is 472 g/mol. The van der Waals surface area contributed by atoms with Crippen LogP contribution >= 0.6 is 11.6 Å². The van der Waals surface area contributed by atoms with E-state index in [0.717, 1.165) is 52.0 Å². The van der Waals surface area contributed by atoms with E-state index >= 15 is 0 Å². The van der Waals surface area contributed by atoms with Crippen molar-refractivity contribution in [2.24, 2.45) is 0 Å². The Labute approximate surface area is 205 Å². The van der Waals surface area contributed by atoms with Crippen molar-refractivity contribution in [3.05, 3.63) is 71.3 Å². The zero-order valence-electron chi connectivity index (χ0n) is 19.6. The third-order valence-corrected chi connectivity index (χ3v) is 6.74. The molecule has 0 spiro atoms. The zero-order valence-corrected chi connectivity index (χ0v) is 20.4. The summed E-state index contributed by atoms with van der Waals surface area (Å²) in [7, 11) is 0. The summed E-state index contributed by atoms with van der Waals surface area (Å²) in [6.45, 7) is 5.97. The molecule has 6 heteroatoms. The molecule has 5 rings (SSSR count). The quantitative estimate of drug-likeness (QED) is 0.345. The first-order valence-corrected chi connectivity index (χ1v) is 12.3. The molecule has 1 atom stereocenters. The van der Waals surface area contributed by atoms with E-state index in [1.807, 2.05) is 24.4 Å². The molecule has 5 nitrogen and oxygen atoms in total. The first kappa shape index (κ1) is 22.8. The fraction of sp³-hybridized carbons (Fsp3) is 0.321. The molecule has 3 heterocycles. The molecule has 1 fully saturated rings. The van der Waals surface area contributed by atoms with Gasteiger partial charge in [-0.3, -0.25) is 4.98 Å². The van der Waals surface area contributed by atoms with E-state index in [1.54, 1.807) is 6.20 Å². The van der Waals surface area contributed by atoms with Gasteiger partial charge < -0.3 is 10.1 Å².